The monoisotopic (exact) mass is 290 g/mol. The van der Waals surface area contributed by atoms with E-state index < -0.39 is 0 Å². The van der Waals surface area contributed by atoms with Gasteiger partial charge in [-0.05, 0) is 37.3 Å². The van der Waals surface area contributed by atoms with Gasteiger partial charge in [-0.3, -0.25) is 4.90 Å². The van der Waals surface area contributed by atoms with Gasteiger partial charge in [0, 0.05) is 24.8 Å². The highest BCUT2D eigenvalue weighted by atomic mass is 16.3. The number of nitrogens with zero attached hydrogens (tertiary/aromatic N) is 2. The molecule has 1 aromatic rings. The number of aliphatic hydroxyl groups is 1. The van der Waals surface area contributed by atoms with Crippen LogP contribution in [0.5, 0.6) is 0 Å². The molecular formula is C18H30N2O. The van der Waals surface area contributed by atoms with Crippen LogP contribution >= 0.6 is 0 Å². The third kappa shape index (κ3) is 3.41. The van der Waals surface area contributed by atoms with Crippen LogP contribution in [0.1, 0.15) is 37.5 Å². The van der Waals surface area contributed by atoms with E-state index in [1.807, 2.05) is 0 Å². The van der Waals surface area contributed by atoms with E-state index in [0.29, 0.717) is 0 Å². The molecule has 0 aliphatic carbocycles. The van der Waals surface area contributed by atoms with Crippen molar-refractivity contribution >= 4 is 5.69 Å². The van der Waals surface area contributed by atoms with E-state index in [1.54, 1.807) is 0 Å². The lowest BCUT2D eigenvalue weighted by molar-refractivity contribution is 0.0657. The summed E-state index contributed by atoms with van der Waals surface area (Å²) in [6, 6.07) is 4.74. The van der Waals surface area contributed by atoms with E-state index in [9.17, 15) is 5.11 Å². The molecule has 0 unspecified atom stereocenters. The molecule has 0 amide bonds. The van der Waals surface area contributed by atoms with Crippen LogP contribution in [-0.2, 0) is 0 Å². The average Bonchev–Trinajstić information content (AvgIpc) is 2.75. The number of rotatable bonds is 3. The first-order valence-electron chi connectivity index (χ1n) is 7.91. The molecule has 1 aromatic carbocycles. The standard InChI is InChI=1S/C18H30N2O/c1-13-9-14(2)17(15(3)10-13)20-8-7-19(12-20)16(11-21)18(4,5)6/h9-10,16,21H,7-8,11-12H2,1-6H3/t16-/m1/s1. The Kier molecular flexibility index (Phi) is 4.64. The number of hydrogen-bond donors (Lipinski definition) is 1. The van der Waals surface area contributed by atoms with E-state index in [4.69, 9.17) is 0 Å². The van der Waals surface area contributed by atoms with Gasteiger partial charge in [-0.25, -0.2) is 0 Å². The second-order valence-corrected chi connectivity index (χ2v) is 7.53. The molecular weight excluding hydrogens is 260 g/mol. The first-order chi connectivity index (χ1) is 9.74. The summed E-state index contributed by atoms with van der Waals surface area (Å²) in [7, 11) is 0. The minimum absolute atomic E-state index is 0.0993. The van der Waals surface area contributed by atoms with Crippen LogP contribution in [0.4, 0.5) is 5.69 Å². The smallest absolute Gasteiger partial charge is 0.0711 e. The molecule has 21 heavy (non-hydrogen) atoms. The highest BCUT2D eigenvalue weighted by molar-refractivity contribution is 5.60. The number of benzene rings is 1. The molecule has 1 aliphatic rings. The Morgan fingerprint density at radius 3 is 2.14 bits per heavy atom. The Bertz CT molecular complexity index is 481. The molecule has 0 radical (unpaired) electrons. The summed E-state index contributed by atoms with van der Waals surface area (Å²) in [5.74, 6) is 0. The molecule has 118 valence electrons. The summed E-state index contributed by atoms with van der Waals surface area (Å²) in [5, 5.41) is 9.76. The largest absolute Gasteiger partial charge is 0.395 e. The van der Waals surface area contributed by atoms with Gasteiger partial charge >= 0.3 is 0 Å². The quantitative estimate of drug-likeness (QED) is 0.926. The Morgan fingerprint density at radius 2 is 1.67 bits per heavy atom. The molecule has 0 saturated carbocycles. The van der Waals surface area contributed by atoms with Crippen molar-refractivity contribution in [3.8, 4) is 0 Å². The zero-order valence-electron chi connectivity index (χ0n) is 14.4. The molecule has 3 heteroatoms. The lowest BCUT2D eigenvalue weighted by Crippen LogP contribution is -2.46. The maximum Gasteiger partial charge on any atom is 0.0711 e. The van der Waals surface area contributed by atoms with Crippen LogP contribution in [0.15, 0.2) is 12.1 Å². The molecule has 2 rings (SSSR count). The molecule has 1 atom stereocenters. The van der Waals surface area contributed by atoms with Crippen molar-refractivity contribution in [1.82, 2.24) is 4.90 Å². The summed E-state index contributed by atoms with van der Waals surface area (Å²) in [6.07, 6.45) is 0. The van der Waals surface area contributed by atoms with Crippen molar-refractivity contribution in [2.45, 2.75) is 47.6 Å². The summed E-state index contributed by atoms with van der Waals surface area (Å²) in [6.45, 7) is 16.4. The number of anilines is 1. The van der Waals surface area contributed by atoms with Crippen molar-refractivity contribution in [1.29, 1.82) is 0 Å². The fourth-order valence-electron chi connectivity index (χ4n) is 3.66. The second kappa shape index (κ2) is 5.98. The fourth-order valence-corrected chi connectivity index (χ4v) is 3.66. The third-order valence-electron chi connectivity index (χ3n) is 4.57. The molecule has 1 heterocycles. The van der Waals surface area contributed by atoms with Crippen molar-refractivity contribution in [2.75, 3.05) is 31.3 Å². The van der Waals surface area contributed by atoms with Crippen molar-refractivity contribution in [3.05, 3.63) is 28.8 Å². The first kappa shape index (κ1) is 16.3. The van der Waals surface area contributed by atoms with Gasteiger partial charge in [0.2, 0.25) is 0 Å². The lowest BCUT2D eigenvalue weighted by atomic mass is 9.86. The number of aliphatic hydroxyl groups excluding tert-OH is 1. The average molecular weight is 290 g/mol. The zero-order chi connectivity index (χ0) is 15.8. The van der Waals surface area contributed by atoms with Gasteiger partial charge in [-0.2, -0.15) is 0 Å². The van der Waals surface area contributed by atoms with Crippen LogP contribution in [0.2, 0.25) is 0 Å². The van der Waals surface area contributed by atoms with E-state index in [-0.39, 0.29) is 18.1 Å². The topological polar surface area (TPSA) is 26.7 Å². The van der Waals surface area contributed by atoms with E-state index in [2.05, 4.69) is 63.5 Å². The lowest BCUT2D eigenvalue weighted by Gasteiger charge is -2.36. The van der Waals surface area contributed by atoms with Crippen molar-refractivity contribution < 1.29 is 5.11 Å². The molecule has 1 fully saturated rings. The Labute approximate surface area is 129 Å². The van der Waals surface area contributed by atoms with Crippen LogP contribution in [0.25, 0.3) is 0 Å². The molecule has 1 N–H and O–H groups in total. The SMILES string of the molecule is Cc1cc(C)c(N2CCN([C@H](CO)C(C)(C)C)C2)c(C)c1. The van der Waals surface area contributed by atoms with Gasteiger partial charge in [0.25, 0.3) is 0 Å². The van der Waals surface area contributed by atoms with Crippen LogP contribution in [0, 0.1) is 26.2 Å². The number of aryl methyl sites for hydroxylation is 3. The fraction of sp³-hybridized carbons (Fsp3) is 0.667. The molecule has 3 nitrogen and oxygen atoms in total. The zero-order valence-corrected chi connectivity index (χ0v) is 14.4. The van der Waals surface area contributed by atoms with Gasteiger partial charge in [0.05, 0.1) is 13.3 Å². The van der Waals surface area contributed by atoms with Gasteiger partial charge in [-0.15, -0.1) is 0 Å². The molecule has 1 aliphatic heterocycles. The predicted molar refractivity (Wildman–Crippen MR) is 89.9 cm³/mol. The summed E-state index contributed by atoms with van der Waals surface area (Å²) < 4.78 is 0. The van der Waals surface area contributed by atoms with Gasteiger partial charge in [0.1, 0.15) is 0 Å². The second-order valence-electron chi connectivity index (χ2n) is 7.53. The van der Waals surface area contributed by atoms with Crippen LogP contribution in [0.3, 0.4) is 0 Å². The highest BCUT2D eigenvalue weighted by Gasteiger charge is 2.34. The van der Waals surface area contributed by atoms with Crippen molar-refractivity contribution in [3.63, 3.8) is 0 Å². The molecule has 1 saturated heterocycles. The van der Waals surface area contributed by atoms with Crippen LogP contribution in [-0.4, -0.2) is 42.4 Å². The third-order valence-corrected chi connectivity index (χ3v) is 4.57. The van der Waals surface area contributed by atoms with Gasteiger partial charge in [0.15, 0.2) is 0 Å². The Hall–Kier alpha value is -1.06. The van der Waals surface area contributed by atoms with E-state index >= 15 is 0 Å². The summed E-state index contributed by atoms with van der Waals surface area (Å²) in [4.78, 5) is 4.87. The molecule has 0 aromatic heterocycles. The minimum atomic E-state index is 0.0993. The van der Waals surface area contributed by atoms with E-state index in [1.165, 1.54) is 22.4 Å². The summed E-state index contributed by atoms with van der Waals surface area (Å²) in [5.41, 5.74) is 5.50. The highest BCUT2D eigenvalue weighted by Crippen LogP contribution is 2.31. The van der Waals surface area contributed by atoms with Gasteiger partial charge in [-0.1, -0.05) is 38.5 Å². The van der Waals surface area contributed by atoms with E-state index in [0.717, 1.165) is 19.8 Å². The normalized spacial score (nSPS) is 18.3. The Balaban J connectivity index is 2.20. The number of hydrogen-bond acceptors (Lipinski definition) is 3. The van der Waals surface area contributed by atoms with Crippen molar-refractivity contribution in [2.24, 2.45) is 5.41 Å². The minimum Gasteiger partial charge on any atom is -0.395 e. The van der Waals surface area contributed by atoms with Crippen LogP contribution < -0.4 is 4.90 Å². The molecule has 0 bridgehead atoms. The first-order valence-corrected chi connectivity index (χ1v) is 7.91. The predicted octanol–water partition coefficient (Wildman–Crippen LogP) is 3.10. The molecule has 0 spiro atoms. The Morgan fingerprint density at radius 1 is 1.10 bits per heavy atom. The van der Waals surface area contributed by atoms with Gasteiger partial charge < -0.3 is 10.0 Å². The maximum absolute atomic E-state index is 9.76. The summed E-state index contributed by atoms with van der Waals surface area (Å²) >= 11 is 0. The maximum atomic E-state index is 9.76.